The highest BCUT2D eigenvalue weighted by Crippen LogP contribution is 2.10. The Morgan fingerprint density at radius 3 is 2.57 bits per heavy atom. The molecular formula is C10H18N4. The maximum absolute atomic E-state index is 7.72. The van der Waals surface area contributed by atoms with Crippen LogP contribution in [0.2, 0.25) is 0 Å². The lowest BCUT2D eigenvalue weighted by Crippen LogP contribution is -2.43. The number of hydrogen-bond donors (Lipinski definition) is 3. The van der Waals surface area contributed by atoms with E-state index in [0.29, 0.717) is 11.9 Å². The molecule has 78 valence electrons. The fourth-order valence-corrected chi connectivity index (χ4v) is 1.65. The Morgan fingerprint density at radius 1 is 1.43 bits per heavy atom. The highest BCUT2D eigenvalue weighted by Gasteiger charge is 2.17. The van der Waals surface area contributed by atoms with Gasteiger partial charge in [-0.25, -0.2) is 0 Å². The minimum absolute atomic E-state index is 0.517. The van der Waals surface area contributed by atoms with Gasteiger partial charge in [-0.3, -0.25) is 5.41 Å². The predicted octanol–water partition coefficient (Wildman–Crippen LogP) is 0.853. The van der Waals surface area contributed by atoms with Gasteiger partial charge in [0.25, 0.3) is 0 Å². The van der Waals surface area contributed by atoms with Crippen LogP contribution in [0.4, 0.5) is 0 Å². The molecule has 4 heteroatoms. The number of rotatable bonds is 3. The van der Waals surface area contributed by atoms with Crippen molar-refractivity contribution in [1.29, 1.82) is 10.8 Å². The average Bonchev–Trinajstić information content (AvgIpc) is 2.26. The van der Waals surface area contributed by atoms with Gasteiger partial charge in [-0.05, 0) is 32.0 Å². The maximum Gasteiger partial charge on any atom is 0.120 e. The quantitative estimate of drug-likeness (QED) is 0.461. The van der Waals surface area contributed by atoms with E-state index < -0.39 is 0 Å². The molecule has 0 atom stereocenters. The minimum Gasteiger partial charge on any atom is -0.357 e. The molecule has 0 unspecified atom stereocenters. The normalized spacial score (nSPS) is 18.8. The molecule has 0 aliphatic carbocycles. The Kier molecular flexibility index (Phi) is 4.32. The first-order chi connectivity index (χ1) is 6.77. The standard InChI is InChI=1S/C10H18N4/c1-13-9-4-7-14(8-5-9)10(12)3-2-6-11/h2-3,6,9,11-13H,4-5,7-8H2,1H3/b3-2-,11-6?,12-10?. The second kappa shape index (κ2) is 5.54. The van der Waals surface area contributed by atoms with Gasteiger partial charge in [0.05, 0.1) is 0 Å². The van der Waals surface area contributed by atoms with Crippen molar-refractivity contribution in [1.82, 2.24) is 10.2 Å². The summed E-state index contributed by atoms with van der Waals surface area (Å²) >= 11 is 0. The largest absolute Gasteiger partial charge is 0.357 e. The van der Waals surface area contributed by atoms with Crippen LogP contribution in [0.25, 0.3) is 0 Å². The van der Waals surface area contributed by atoms with Gasteiger partial charge in [0.15, 0.2) is 0 Å². The molecule has 0 spiro atoms. The summed E-state index contributed by atoms with van der Waals surface area (Å²) in [6.45, 7) is 1.87. The second-order valence-corrected chi connectivity index (χ2v) is 3.46. The van der Waals surface area contributed by atoms with Gasteiger partial charge < -0.3 is 15.6 Å². The van der Waals surface area contributed by atoms with Crippen LogP contribution in [0.3, 0.4) is 0 Å². The molecule has 3 N–H and O–H groups in total. The molecule has 1 aliphatic rings. The second-order valence-electron chi connectivity index (χ2n) is 3.46. The van der Waals surface area contributed by atoms with Crippen LogP contribution in [0, 0.1) is 10.8 Å². The van der Waals surface area contributed by atoms with Crippen LogP contribution in [0.1, 0.15) is 12.8 Å². The monoisotopic (exact) mass is 194 g/mol. The van der Waals surface area contributed by atoms with Gasteiger partial charge >= 0.3 is 0 Å². The zero-order valence-electron chi connectivity index (χ0n) is 8.59. The summed E-state index contributed by atoms with van der Waals surface area (Å²) in [5.41, 5.74) is 0. The summed E-state index contributed by atoms with van der Waals surface area (Å²) in [5.74, 6) is 0.517. The minimum atomic E-state index is 0.517. The van der Waals surface area contributed by atoms with Crippen molar-refractivity contribution in [3.63, 3.8) is 0 Å². The van der Waals surface area contributed by atoms with Crippen molar-refractivity contribution in [2.45, 2.75) is 18.9 Å². The highest BCUT2D eigenvalue weighted by atomic mass is 15.2. The van der Waals surface area contributed by atoms with E-state index in [2.05, 4.69) is 5.32 Å². The molecular weight excluding hydrogens is 176 g/mol. The lowest BCUT2D eigenvalue weighted by atomic mass is 10.1. The van der Waals surface area contributed by atoms with E-state index >= 15 is 0 Å². The number of nitrogens with zero attached hydrogens (tertiary/aromatic N) is 1. The van der Waals surface area contributed by atoms with Crippen molar-refractivity contribution >= 4 is 12.1 Å². The SMILES string of the molecule is CNC1CCN(C(=N)/C=C\C=N)CC1. The molecule has 0 aromatic heterocycles. The fourth-order valence-electron chi connectivity index (χ4n) is 1.65. The summed E-state index contributed by atoms with van der Waals surface area (Å²) in [7, 11) is 1.99. The molecule has 1 rings (SSSR count). The first-order valence-electron chi connectivity index (χ1n) is 4.96. The molecule has 4 nitrogen and oxygen atoms in total. The van der Waals surface area contributed by atoms with Crippen LogP contribution >= 0.6 is 0 Å². The van der Waals surface area contributed by atoms with Crippen LogP contribution in [-0.2, 0) is 0 Å². The Labute approximate surface area is 85.0 Å². The number of hydrogen-bond acceptors (Lipinski definition) is 3. The molecule has 0 bridgehead atoms. The molecule has 1 heterocycles. The van der Waals surface area contributed by atoms with Gasteiger partial charge in [0, 0.05) is 25.3 Å². The average molecular weight is 194 g/mol. The Bertz CT molecular complexity index is 226. The first-order valence-corrected chi connectivity index (χ1v) is 4.96. The number of nitrogens with one attached hydrogen (secondary N) is 3. The number of amidine groups is 1. The van der Waals surface area contributed by atoms with Crippen LogP contribution < -0.4 is 5.32 Å². The zero-order valence-corrected chi connectivity index (χ0v) is 8.59. The third-order valence-corrected chi connectivity index (χ3v) is 2.59. The zero-order chi connectivity index (χ0) is 10.4. The third-order valence-electron chi connectivity index (χ3n) is 2.59. The topological polar surface area (TPSA) is 63.0 Å². The number of likely N-dealkylation sites (tertiary alicyclic amines) is 1. The lowest BCUT2D eigenvalue weighted by Gasteiger charge is -2.32. The van der Waals surface area contributed by atoms with E-state index in [-0.39, 0.29) is 0 Å². The van der Waals surface area contributed by atoms with Crippen LogP contribution in [0.15, 0.2) is 12.2 Å². The van der Waals surface area contributed by atoms with E-state index in [1.165, 1.54) is 6.21 Å². The third kappa shape index (κ3) is 2.96. The number of piperidine rings is 1. The molecule has 0 aromatic rings. The predicted molar refractivity (Wildman–Crippen MR) is 59.3 cm³/mol. The summed E-state index contributed by atoms with van der Waals surface area (Å²) in [4.78, 5) is 2.05. The molecule has 14 heavy (non-hydrogen) atoms. The van der Waals surface area contributed by atoms with Crippen molar-refractivity contribution in [2.75, 3.05) is 20.1 Å². The lowest BCUT2D eigenvalue weighted by molar-refractivity contribution is 0.291. The summed E-state index contributed by atoms with van der Waals surface area (Å²) in [5, 5.41) is 17.8. The van der Waals surface area contributed by atoms with Gasteiger partial charge in [0.1, 0.15) is 5.84 Å². The highest BCUT2D eigenvalue weighted by molar-refractivity contribution is 5.93. The molecule has 0 saturated carbocycles. The summed E-state index contributed by atoms with van der Waals surface area (Å²) in [6.07, 6.45) is 6.66. The molecule has 1 aliphatic heterocycles. The van der Waals surface area contributed by atoms with Gasteiger partial charge in [-0.1, -0.05) is 0 Å². The van der Waals surface area contributed by atoms with E-state index in [4.69, 9.17) is 10.8 Å². The van der Waals surface area contributed by atoms with E-state index in [0.717, 1.165) is 25.9 Å². The van der Waals surface area contributed by atoms with Gasteiger partial charge in [0.2, 0.25) is 0 Å². The Balaban J connectivity index is 2.37. The van der Waals surface area contributed by atoms with Crippen molar-refractivity contribution in [3.05, 3.63) is 12.2 Å². The van der Waals surface area contributed by atoms with Gasteiger partial charge in [-0.2, -0.15) is 0 Å². The van der Waals surface area contributed by atoms with Gasteiger partial charge in [-0.15, -0.1) is 0 Å². The molecule has 1 saturated heterocycles. The van der Waals surface area contributed by atoms with E-state index in [1.54, 1.807) is 12.2 Å². The molecule has 0 amide bonds. The van der Waals surface area contributed by atoms with Crippen molar-refractivity contribution in [3.8, 4) is 0 Å². The molecule has 0 radical (unpaired) electrons. The smallest absolute Gasteiger partial charge is 0.120 e. The molecule has 1 fully saturated rings. The van der Waals surface area contributed by atoms with E-state index in [1.807, 2.05) is 11.9 Å². The fraction of sp³-hybridized carbons (Fsp3) is 0.600. The van der Waals surface area contributed by atoms with Crippen molar-refractivity contribution < 1.29 is 0 Å². The Morgan fingerprint density at radius 2 is 2.07 bits per heavy atom. The summed E-state index contributed by atoms with van der Waals surface area (Å²) < 4.78 is 0. The van der Waals surface area contributed by atoms with Crippen LogP contribution in [-0.4, -0.2) is 43.1 Å². The molecule has 0 aromatic carbocycles. The summed E-state index contributed by atoms with van der Waals surface area (Å²) in [6, 6.07) is 0.603. The van der Waals surface area contributed by atoms with Crippen molar-refractivity contribution in [2.24, 2.45) is 0 Å². The number of allylic oxidation sites excluding steroid dienone is 1. The van der Waals surface area contributed by atoms with Crippen LogP contribution in [0.5, 0.6) is 0 Å². The first kappa shape index (κ1) is 10.9. The van der Waals surface area contributed by atoms with E-state index in [9.17, 15) is 0 Å². The maximum atomic E-state index is 7.72. The Hall–Kier alpha value is -1.16.